The molecular formula is C9H17NOS2. The quantitative estimate of drug-likeness (QED) is 0.683. The van der Waals surface area contributed by atoms with E-state index >= 15 is 0 Å². The molecule has 0 bridgehead atoms. The maximum absolute atomic E-state index is 10.3. The van der Waals surface area contributed by atoms with Crippen LogP contribution in [0.3, 0.4) is 0 Å². The molecule has 1 N–H and O–H groups in total. The van der Waals surface area contributed by atoms with Crippen LogP contribution in [0.15, 0.2) is 0 Å². The van der Waals surface area contributed by atoms with Crippen molar-refractivity contribution in [3.8, 4) is 0 Å². The van der Waals surface area contributed by atoms with Crippen LogP contribution >= 0.6 is 24.0 Å². The zero-order valence-corrected chi connectivity index (χ0v) is 10.4. The summed E-state index contributed by atoms with van der Waals surface area (Å²) >= 11 is 6.82. The molecule has 2 nitrogen and oxygen atoms in total. The van der Waals surface area contributed by atoms with Crippen molar-refractivity contribution in [3.05, 3.63) is 0 Å². The van der Waals surface area contributed by atoms with Gasteiger partial charge < -0.3 is 10.0 Å². The van der Waals surface area contributed by atoms with Gasteiger partial charge in [0.25, 0.3) is 0 Å². The van der Waals surface area contributed by atoms with E-state index in [-0.39, 0.29) is 10.8 Å². The SMILES string of the molecule is CC(C)N1C(=S)SC(C)(C)C1(C)O. The van der Waals surface area contributed by atoms with Crippen LogP contribution in [-0.2, 0) is 0 Å². The van der Waals surface area contributed by atoms with E-state index in [2.05, 4.69) is 0 Å². The van der Waals surface area contributed by atoms with Crippen LogP contribution in [0, 0.1) is 0 Å². The smallest absolute Gasteiger partial charge is 0.150 e. The van der Waals surface area contributed by atoms with E-state index in [4.69, 9.17) is 12.2 Å². The standard InChI is InChI=1S/C9H17NOS2/c1-6(2)10-7(12)13-8(3,4)9(10,5)11/h6,11H,1-5H3. The molecule has 1 fully saturated rings. The molecule has 0 aromatic rings. The number of aliphatic hydroxyl groups is 1. The summed E-state index contributed by atoms with van der Waals surface area (Å²) < 4.78 is 0.568. The van der Waals surface area contributed by atoms with Gasteiger partial charge in [0.1, 0.15) is 4.32 Å². The Morgan fingerprint density at radius 3 is 2.00 bits per heavy atom. The van der Waals surface area contributed by atoms with Crippen LogP contribution in [0.1, 0.15) is 34.6 Å². The minimum atomic E-state index is -0.844. The van der Waals surface area contributed by atoms with Crippen molar-refractivity contribution in [2.45, 2.75) is 51.1 Å². The van der Waals surface area contributed by atoms with E-state index in [1.54, 1.807) is 11.8 Å². The monoisotopic (exact) mass is 219 g/mol. The molecule has 0 spiro atoms. The Kier molecular flexibility index (Phi) is 2.69. The van der Waals surface area contributed by atoms with Gasteiger partial charge in [-0.15, -0.1) is 0 Å². The zero-order chi connectivity index (χ0) is 10.4. The maximum atomic E-state index is 10.3. The van der Waals surface area contributed by atoms with E-state index in [1.165, 1.54) is 0 Å². The molecule has 13 heavy (non-hydrogen) atoms. The first-order valence-electron chi connectivity index (χ1n) is 4.45. The second-order valence-corrected chi connectivity index (χ2v) is 6.62. The van der Waals surface area contributed by atoms with Crippen LogP contribution in [0.25, 0.3) is 0 Å². The average Bonchev–Trinajstić information content (AvgIpc) is 1.96. The number of nitrogens with zero attached hydrogens (tertiary/aromatic N) is 1. The summed E-state index contributed by atoms with van der Waals surface area (Å²) in [5.41, 5.74) is -0.844. The molecular weight excluding hydrogens is 202 g/mol. The fourth-order valence-electron chi connectivity index (χ4n) is 1.55. The third-order valence-electron chi connectivity index (χ3n) is 2.67. The molecule has 4 heteroatoms. The Hall–Kier alpha value is 0.200. The van der Waals surface area contributed by atoms with Crippen LogP contribution in [0.5, 0.6) is 0 Å². The molecule has 0 saturated carbocycles. The van der Waals surface area contributed by atoms with Gasteiger partial charge in [0, 0.05) is 6.04 Å². The number of hydrogen-bond acceptors (Lipinski definition) is 3. The van der Waals surface area contributed by atoms with Gasteiger partial charge >= 0.3 is 0 Å². The third-order valence-corrected chi connectivity index (χ3v) is 4.38. The molecule has 1 aliphatic rings. The minimum absolute atomic E-state index is 0.228. The fourth-order valence-corrected chi connectivity index (χ4v) is 3.77. The summed E-state index contributed by atoms with van der Waals surface area (Å²) in [7, 11) is 0. The summed E-state index contributed by atoms with van der Waals surface area (Å²) in [5.74, 6) is 0. The molecule has 76 valence electrons. The molecule has 0 aliphatic carbocycles. The first kappa shape index (κ1) is 11.3. The van der Waals surface area contributed by atoms with Gasteiger partial charge in [-0.3, -0.25) is 0 Å². The van der Waals surface area contributed by atoms with Crippen molar-refractivity contribution < 1.29 is 5.11 Å². The molecule has 1 aliphatic heterocycles. The second-order valence-electron chi connectivity index (χ2n) is 4.36. The summed E-state index contributed by atoms with van der Waals surface area (Å²) in [5, 5.41) is 10.3. The number of thiocarbonyl (C=S) groups is 1. The van der Waals surface area contributed by atoms with Crippen molar-refractivity contribution in [2.75, 3.05) is 0 Å². The van der Waals surface area contributed by atoms with Gasteiger partial charge in [0.2, 0.25) is 0 Å². The van der Waals surface area contributed by atoms with E-state index in [9.17, 15) is 5.11 Å². The largest absolute Gasteiger partial charge is 0.370 e. The molecule has 0 radical (unpaired) electrons. The fraction of sp³-hybridized carbons (Fsp3) is 0.889. The Bertz CT molecular complexity index is 236. The predicted octanol–water partition coefficient (Wildman–Crippen LogP) is 2.22. The Morgan fingerprint density at radius 2 is 1.85 bits per heavy atom. The molecule has 0 aromatic heterocycles. The second kappa shape index (κ2) is 3.11. The number of rotatable bonds is 1. The highest BCUT2D eigenvalue weighted by molar-refractivity contribution is 8.24. The molecule has 1 saturated heterocycles. The Balaban J connectivity index is 3.06. The van der Waals surface area contributed by atoms with Crippen molar-refractivity contribution in [2.24, 2.45) is 0 Å². The third kappa shape index (κ3) is 1.60. The maximum Gasteiger partial charge on any atom is 0.150 e. The molecule has 0 amide bonds. The average molecular weight is 219 g/mol. The van der Waals surface area contributed by atoms with Crippen molar-refractivity contribution in [1.29, 1.82) is 0 Å². The van der Waals surface area contributed by atoms with Crippen LogP contribution in [0.4, 0.5) is 0 Å². The van der Waals surface area contributed by atoms with Gasteiger partial charge in [0.15, 0.2) is 5.72 Å². The molecule has 0 aromatic carbocycles. The van der Waals surface area contributed by atoms with E-state index in [1.807, 2.05) is 39.5 Å². The summed E-state index contributed by atoms with van der Waals surface area (Å²) in [4.78, 5) is 1.91. The highest BCUT2D eigenvalue weighted by atomic mass is 32.2. The van der Waals surface area contributed by atoms with E-state index in [0.29, 0.717) is 0 Å². The van der Waals surface area contributed by atoms with Gasteiger partial charge in [-0.2, -0.15) is 0 Å². The van der Waals surface area contributed by atoms with Crippen molar-refractivity contribution in [1.82, 2.24) is 4.90 Å². The molecule has 1 heterocycles. The highest BCUT2D eigenvalue weighted by Crippen LogP contribution is 2.47. The first-order valence-corrected chi connectivity index (χ1v) is 5.67. The van der Waals surface area contributed by atoms with E-state index in [0.717, 1.165) is 4.32 Å². The molecule has 1 unspecified atom stereocenters. The Labute approximate surface area is 89.7 Å². The normalized spacial score (nSPS) is 33.2. The minimum Gasteiger partial charge on any atom is -0.370 e. The lowest BCUT2D eigenvalue weighted by Crippen LogP contribution is -2.55. The molecule has 1 atom stereocenters. The zero-order valence-electron chi connectivity index (χ0n) is 8.79. The van der Waals surface area contributed by atoms with Crippen molar-refractivity contribution in [3.63, 3.8) is 0 Å². The van der Waals surface area contributed by atoms with Gasteiger partial charge in [-0.05, 0) is 34.6 Å². The summed E-state index contributed by atoms with van der Waals surface area (Å²) in [6, 6.07) is 0.247. The first-order chi connectivity index (χ1) is 5.70. The van der Waals surface area contributed by atoms with Crippen molar-refractivity contribution >= 4 is 28.3 Å². The van der Waals surface area contributed by atoms with E-state index < -0.39 is 5.72 Å². The van der Waals surface area contributed by atoms with Crippen LogP contribution < -0.4 is 0 Å². The van der Waals surface area contributed by atoms with Gasteiger partial charge in [0.05, 0.1) is 4.75 Å². The predicted molar refractivity (Wildman–Crippen MR) is 61.9 cm³/mol. The lowest BCUT2D eigenvalue weighted by atomic mass is 9.98. The Morgan fingerprint density at radius 1 is 1.38 bits per heavy atom. The summed E-state index contributed by atoms with van der Waals surface area (Å²) in [6.45, 7) is 9.96. The highest BCUT2D eigenvalue weighted by Gasteiger charge is 2.53. The topological polar surface area (TPSA) is 23.5 Å². The van der Waals surface area contributed by atoms with Crippen LogP contribution in [-0.4, -0.2) is 30.8 Å². The molecule has 1 rings (SSSR count). The lowest BCUT2D eigenvalue weighted by Gasteiger charge is -2.40. The van der Waals surface area contributed by atoms with Gasteiger partial charge in [-0.1, -0.05) is 24.0 Å². The number of hydrogen-bond donors (Lipinski definition) is 1. The van der Waals surface area contributed by atoms with Gasteiger partial charge in [-0.25, -0.2) is 0 Å². The summed E-state index contributed by atoms with van der Waals surface area (Å²) in [6.07, 6.45) is 0. The lowest BCUT2D eigenvalue weighted by molar-refractivity contribution is -0.0794. The van der Waals surface area contributed by atoms with Crippen LogP contribution in [0.2, 0.25) is 0 Å². The number of thioether (sulfide) groups is 1.